The van der Waals surface area contributed by atoms with Crippen LogP contribution in [0.3, 0.4) is 0 Å². The highest BCUT2D eigenvalue weighted by Crippen LogP contribution is 2.22. The minimum absolute atomic E-state index is 0.144. The Kier molecular flexibility index (Phi) is 1.65. The summed E-state index contributed by atoms with van der Waals surface area (Å²) in [4.78, 5) is 4.23. The van der Waals surface area contributed by atoms with Crippen LogP contribution in [0.5, 0.6) is 0 Å². The first-order valence-electron chi connectivity index (χ1n) is 4.50. The van der Waals surface area contributed by atoms with Crippen LogP contribution in [0, 0.1) is 0 Å². The third-order valence-corrected chi connectivity index (χ3v) is 2.21. The molecule has 0 bridgehead atoms. The number of hydrogen-bond donors (Lipinski definition) is 0. The Bertz CT molecular complexity index is 382. The molecule has 0 saturated carbocycles. The second-order valence-electron chi connectivity index (χ2n) is 4.31. The zero-order valence-corrected chi connectivity index (χ0v) is 8.28. The van der Waals surface area contributed by atoms with Crippen molar-refractivity contribution in [1.29, 1.82) is 0 Å². The van der Waals surface area contributed by atoms with E-state index < -0.39 is 0 Å². The summed E-state index contributed by atoms with van der Waals surface area (Å²) in [5.41, 5.74) is 2.42. The van der Waals surface area contributed by atoms with Crippen molar-refractivity contribution in [2.24, 2.45) is 0 Å². The maximum atomic E-state index is 4.23. The topological polar surface area (TPSA) is 17.8 Å². The first kappa shape index (κ1) is 8.30. The monoisotopic (exact) mass is 174 g/mol. The Morgan fingerprint density at radius 2 is 2.00 bits per heavy atom. The molecule has 2 aliphatic rings. The van der Waals surface area contributed by atoms with E-state index in [-0.39, 0.29) is 5.54 Å². The molecular weight excluding hydrogens is 160 g/mol. The molecule has 0 fully saturated rings. The zero-order chi connectivity index (χ0) is 9.47. The van der Waals surface area contributed by atoms with Gasteiger partial charge in [-0.2, -0.15) is 0 Å². The number of fused-ring (bicyclic) bond motifs is 1. The van der Waals surface area contributed by atoms with Crippen molar-refractivity contribution in [1.82, 2.24) is 9.55 Å². The smallest absolute Gasteiger partial charge is 0.0731 e. The second-order valence-corrected chi connectivity index (χ2v) is 4.31. The maximum Gasteiger partial charge on any atom is 0.0731 e. The number of aromatic nitrogens is 2. The van der Waals surface area contributed by atoms with E-state index in [4.69, 9.17) is 0 Å². The standard InChI is InChI=1S/C11H14N2/c1-11(2,3)13-7-5-10-9(8-13)4-6-12-10/h4-8H,1-3H3. The van der Waals surface area contributed by atoms with Crippen LogP contribution in [0.2, 0.25) is 0 Å². The molecule has 0 unspecified atom stereocenters. The fourth-order valence-corrected chi connectivity index (χ4v) is 1.37. The fraction of sp³-hybridized carbons (Fsp3) is 0.364. The van der Waals surface area contributed by atoms with Crippen molar-refractivity contribution < 1.29 is 0 Å². The Morgan fingerprint density at radius 3 is 2.69 bits per heavy atom. The lowest BCUT2D eigenvalue weighted by Gasteiger charge is -2.24. The van der Waals surface area contributed by atoms with Crippen LogP contribution in [0.15, 0.2) is 30.7 Å². The molecule has 0 radical (unpaired) electrons. The molecule has 2 aliphatic heterocycles. The van der Waals surface area contributed by atoms with E-state index in [0.29, 0.717) is 0 Å². The van der Waals surface area contributed by atoms with E-state index in [9.17, 15) is 0 Å². The highest BCUT2D eigenvalue weighted by molar-refractivity contribution is 5.59. The lowest BCUT2D eigenvalue weighted by Crippen LogP contribution is -2.21. The summed E-state index contributed by atoms with van der Waals surface area (Å²) in [5.74, 6) is 0. The largest absolute Gasteiger partial charge is 0.348 e. The van der Waals surface area contributed by atoms with Gasteiger partial charge in [-0.05, 0) is 32.9 Å². The third kappa shape index (κ3) is 1.44. The molecule has 68 valence electrons. The van der Waals surface area contributed by atoms with Gasteiger partial charge >= 0.3 is 0 Å². The van der Waals surface area contributed by atoms with Gasteiger partial charge in [0.1, 0.15) is 0 Å². The SMILES string of the molecule is CC(C)(C)n1ccc2nccc-2c1. The van der Waals surface area contributed by atoms with Gasteiger partial charge in [-0.25, -0.2) is 0 Å². The van der Waals surface area contributed by atoms with Gasteiger partial charge < -0.3 is 4.57 Å². The van der Waals surface area contributed by atoms with Crippen molar-refractivity contribution >= 4 is 0 Å². The van der Waals surface area contributed by atoms with Crippen molar-refractivity contribution in [3.8, 4) is 11.3 Å². The Morgan fingerprint density at radius 1 is 1.23 bits per heavy atom. The molecule has 0 aromatic carbocycles. The van der Waals surface area contributed by atoms with Crippen LogP contribution in [0.25, 0.3) is 11.3 Å². The van der Waals surface area contributed by atoms with Gasteiger partial charge in [0.2, 0.25) is 0 Å². The average Bonchev–Trinajstić information content (AvgIpc) is 2.47. The minimum atomic E-state index is 0.144. The summed E-state index contributed by atoms with van der Waals surface area (Å²) in [6, 6.07) is 4.10. The first-order chi connectivity index (χ1) is 6.07. The molecule has 0 aromatic heterocycles. The van der Waals surface area contributed by atoms with Crippen molar-refractivity contribution in [3.63, 3.8) is 0 Å². The maximum absolute atomic E-state index is 4.23. The van der Waals surface area contributed by atoms with Gasteiger partial charge in [-0.3, -0.25) is 4.98 Å². The van der Waals surface area contributed by atoms with Gasteiger partial charge in [0.05, 0.1) is 5.69 Å². The molecule has 2 heteroatoms. The summed E-state index contributed by atoms with van der Waals surface area (Å²) in [6.07, 6.45) is 6.06. The fourth-order valence-electron chi connectivity index (χ4n) is 1.37. The molecule has 2 rings (SSSR count). The summed E-state index contributed by atoms with van der Waals surface area (Å²) in [7, 11) is 0. The van der Waals surface area contributed by atoms with Crippen LogP contribution < -0.4 is 0 Å². The molecule has 2 heterocycles. The predicted octanol–water partition coefficient (Wildman–Crippen LogP) is 2.74. The molecule has 0 saturated heterocycles. The first-order valence-corrected chi connectivity index (χ1v) is 4.50. The molecule has 0 atom stereocenters. The van der Waals surface area contributed by atoms with E-state index in [0.717, 1.165) is 5.69 Å². The number of pyridine rings is 1. The molecule has 0 spiro atoms. The quantitative estimate of drug-likeness (QED) is 0.600. The average molecular weight is 174 g/mol. The summed E-state index contributed by atoms with van der Waals surface area (Å²) in [6.45, 7) is 6.57. The van der Waals surface area contributed by atoms with Crippen LogP contribution >= 0.6 is 0 Å². The van der Waals surface area contributed by atoms with E-state index in [1.165, 1.54) is 5.56 Å². The van der Waals surface area contributed by atoms with Gasteiger partial charge in [0.25, 0.3) is 0 Å². The van der Waals surface area contributed by atoms with Crippen LogP contribution in [0.4, 0.5) is 0 Å². The van der Waals surface area contributed by atoms with Crippen LogP contribution in [-0.4, -0.2) is 9.55 Å². The van der Waals surface area contributed by atoms with Crippen molar-refractivity contribution in [2.75, 3.05) is 0 Å². The number of hydrogen-bond acceptors (Lipinski definition) is 1. The Hall–Kier alpha value is -1.31. The van der Waals surface area contributed by atoms with E-state index in [1.807, 2.05) is 12.3 Å². The summed E-state index contributed by atoms with van der Waals surface area (Å²) in [5, 5.41) is 0. The number of nitrogens with zero attached hydrogens (tertiary/aromatic N) is 2. The van der Waals surface area contributed by atoms with E-state index in [1.54, 1.807) is 0 Å². The van der Waals surface area contributed by atoms with E-state index >= 15 is 0 Å². The van der Waals surface area contributed by atoms with Crippen molar-refractivity contribution in [3.05, 3.63) is 30.7 Å². The lowest BCUT2D eigenvalue weighted by molar-refractivity contribution is 0.395. The van der Waals surface area contributed by atoms with Gasteiger partial charge in [0, 0.05) is 29.7 Å². The predicted molar refractivity (Wildman–Crippen MR) is 53.8 cm³/mol. The normalized spacial score (nSPS) is 12.2. The number of rotatable bonds is 0. The van der Waals surface area contributed by atoms with Gasteiger partial charge in [-0.1, -0.05) is 0 Å². The molecule has 13 heavy (non-hydrogen) atoms. The van der Waals surface area contributed by atoms with Crippen molar-refractivity contribution in [2.45, 2.75) is 26.3 Å². The summed E-state index contributed by atoms with van der Waals surface area (Å²) >= 11 is 0. The van der Waals surface area contributed by atoms with Gasteiger partial charge in [0.15, 0.2) is 0 Å². The highest BCUT2D eigenvalue weighted by atomic mass is 15.0. The third-order valence-electron chi connectivity index (χ3n) is 2.21. The van der Waals surface area contributed by atoms with Crippen LogP contribution in [0.1, 0.15) is 20.8 Å². The highest BCUT2D eigenvalue weighted by Gasteiger charge is 2.12. The lowest BCUT2D eigenvalue weighted by atomic mass is 10.1. The molecule has 0 aliphatic carbocycles. The molecule has 0 N–H and O–H groups in total. The molecule has 0 amide bonds. The van der Waals surface area contributed by atoms with Gasteiger partial charge in [-0.15, -0.1) is 0 Å². The zero-order valence-electron chi connectivity index (χ0n) is 8.28. The molecule has 2 nitrogen and oxygen atoms in total. The molecular formula is C11H14N2. The Balaban J connectivity index is 2.56. The minimum Gasteiger partial charge on any atom is -0.348 e. The Labute approximate surface area is 78.6 Å². The second kappa shape index (κ2) is 2.59. The molecule has 0 aromatic rings. The summed E-state index contributed by atoms with van der Waals surface area (Å²) < 4.78 is 2.21. The van der Waals surface area contributed by atoms with E-state index in [2.05, 4.69) is 48.8 Å². The van der Waals surface area contributed by atoms with Crippen LogP contribution in [-0.2, 0) is 5.54 Å².